The number of hydrogen-bond acceptors (Lipinski definition) is 7. The highest BCUT2D eigenvalue weighted by Crippen LogP contribution is 2.28. The number of hydrogen-bond donors (Lipinski definition) is 1. The first-order valence-corrected chi connectivity index (χ1v) is 10.7. The third kappa shape index (κ3) is 3.95. The zero-order chi connectivity index (χ0) is 19.5. The smallest absolute Gasteiger partial charge is 0.228 e. The molecule has 0 radical (unpaired) electrons. The second kappa shape index (κ2) is 8.19. The van der Waals surface area contributed by atoms with Crippen LogP contribution >= 0.6 is 0 Å². The van der Waals surface area contributed by atoms with Crippen LogP contribution in [0.4, 0.5) is 17.7 Å². The molecule has 1 saturated heterocycles. The molecule has 0 unspecified atom stereocenters. The molecule has 0 bridgehead atoms. The second-order valence-electron chi connectivity index (χ2n) is 7.89. The summed E-state index contributed by atoms with van der Waals surface area (Å²) in [7, 11) is 0. The lowest BCUT2D eigenvalue weighted by molar-refractivity contribution is 0.462. The van der Waals surface area contributed by atoms with E-state index >= 15 is 0 Å². The Morgan fingerprint density at radius 2 is 1.45 bits per heavy atom. The van der Waals surface area contributed by atoms with Crippen molar-refractivity contribution in [1.82, 2.24) is 19.9 Å². The van der Waals surface area contributed by atoms with E-state index in [2.05, 4.69) is 43.3 Å². The van der Waals surface area contributed by atoms with Gasteiger partial charge in [0.2, 0.25) is 11.9 Å². The molecule has 2 fully saturated rings. The molecule has 1 saturated carbocycles. The normalized spacial score (nSPS) is 18.2. The van der Waals surface area contributed by atoms with E-state index in [0.29, 0.717) is 6.04 Å². The van der Waals surface area contributed by atoms with Crippen molar-refractivity contribution in [2.24, 2.45) is 0 Å². The minimum absolute atomic E-state index is 0.516. The van der Waals surface area contributed by atoms with Gasteiger partial charge in [0.25, 0.3) is 0 Å². The minimum atomic E-state index is 0.516. The molecule has 0 spiro atoms. The summed E-state index contributed by atoms with van der Waals surface area (Å²) >= 11 is 0. The van der Waals surface area contributed by atoms with Gasteiger partial charge >= 0.3 is 0 Å². The summed E-state index contributed by atoms with van der Waals surface area (Å²) in [5.74, 6) is 2.59. The molecule has 1 aromatic carbocycles. The van der Waals surface area contributed by atoms with E-state index in [-0.39, 0.29) is 0 Å². The van der Waals surface area contributed by atoms with Crippen LogP contribution in [0.2, 0.25) is 0 Å². The molecule has 1 aliphatic carbocycles. The van der Waals surface area contributed by atoms with Gasteiger partial charge in [0.1, 0.15) is 5.82 Å². The molecule has 3 heterocycles. The Hall–Kier alpha value is -2.96. The fourth-order valence-electron chi connectivity index (χ4n) is 4.32. The number of rotatable bonds is 4. The molecule has 2 aromatic heterocycles. The van der Waals surface area contributed by atoms with Crippen molar-refractivity contribution in [3.05, 3.63) is 42.7 Å². The fourth-order valence-corrected chi connectivity index (χ4v) is 4.32. The lowest BCUT2D eigenvalue weighted by Crippen LogP contribution is -2.47. The first kappa shape index (κ1) is 18.1. The lowest BCUT2D eigenvalue weighted by Gasteiger charge is -2.35. The molecule has 3 aromatic rings. The van der Waals surface area contributed by atoms with Gasteiger partial charge in [-0.25, -0.2) is 15.0 Å². The Morgan fingerprint density at radius 3 is 2.21 bits per heavy atom. The van der Waals surface area contributed by atoms with Gasteiger partial charge in [-0.1, -0.05) is 31.4 Å². The largest absolute Gasteiger partial charge is 0.367 e. The third-order valence-corrected chi connectivity index (χ3v) is 5.93. The highest BCUT2D eigenvalue weighted by atomic mass is 15.4. The maximum absolute atomic E-state index is 4.97. The molecule has 29 heavy (non-hydrogen) atoms. The number of benzene rings is 1. The summed E-state index contributed by atoms with van der Waals surface area (Å²) in [6.07, 6.45) is 10.00. The summed E-state index contributed by atoms with van der Waals surface area (Å²) in [6.45, 7) is 3.45. The number of piperazine rings is 1. The Morgan fingerprint density at radius 1 is 0.759 bits per heavy atom. The third-order valence-electron chi connectivity index (χ3n) is 5.93. The predicted octanol–water partition coefficient (Wildman–Crippen LogP) is 3.49. The molecule has 1 aliphatic heterocycles. The zero-order valence-electron chi connectivity index (χ0n) is 16.7. The van der Waals surface area contributed by atoms with Gasteiger partial charge in [-0.05, 0) is 31.0 Å². The number of anilines is 3. The SMILES string of the molecule is c1cnc(N2CCN(c3nc(NC4CCCCC4)c4ccccc4n3)CC2)nc1. The molecule has 7 nitrogen and oxygen atoms in total. The van der Waals surface area contributed by atoms with Crippen LogP contribution in [-0.4, -0.2) is 52.2 Å². The molecule has 7 heteroatoms. The van der Waals surface area contributed by atoms with Gasteiger partial charge < -0.3 is 15.1 Å². The van der Waals surface area contributed by atoms with Crippen LogP contribution in [0.5, 0.6) is 0 Å². The van der Waals surface area contributed by atoms with E-state index in [1.807, 2.05) is 12.1 Å². The summed E-state index contributed by atoms with van der Waals surface area (Å²) in [5, 5.41) is 4.84. The molecule has 1 N–H and O–H groups in total. The van der Waals surface area contributed by atoms with E-state index < -0.39 is 0 Å². The summed E-state index contributed by atoms with van der Waals surface area (Å²) in [4.78, 5) is 23.1. The number of fused-ring (bicyclic) bond motifs is 1. The fraction of sp³-hybridized carbons (Fsp3) is 0.455. The van der Waals surface area contributed by atoms with Gasteiger partial charge in [-0.3, -0.25) is 0 Å². The number of nitrogens with zero attached hydrogens (tertiary/aromatic N) is 6. The maximum atomic E-state index is 4.97. The van der Waals surface area contributed by atoms with Crippen molar-refractivity contribution < 1.29 is 0 Å². The topological polar surface area (TPSA) is 70.1 Å². The summed E-state index contributed by atoms with van der Waals surface area (Å²) < 4.78 is 0. The van der Waals surface area contributed by atoms with Crippen LogP contribution in [-0.2, 0) is 0 Å². The van der Waals surface area contributed by atoms with Gasteiger partial charge in [-0.2, -0.15) is 4.98 Å². The van der Waals surface area contributed by atoms with E-state index in [4.69, 9.17) is 9.97 Å². The van der Waals surface area contributed by atoms with Crippen molar-refractivity contribution >= 4 is 28.6 Å². The van der Waals surface area contributed by atoms with Crippen molar-refractivity contribution in [3.63, 3.8) is 0 Å². The van der Waals surface area contributed by atoms with Crippen LogP contribution in [0.3, 0.4) is 0 Å². The minimum Gasteiger partial charge on any atom is -0.367 e. The molecule has 150 valence electrons. The van der Waals surface area contributed by atoms with Crippen molar-refractivity contribution in [2.45, 2.75) is 38.1 Å². The number of aromatic nitrogens is 4. The summed E-state index contributed by atoms with van der Waals surface area (Å²) in [6, 6.07) is 10.7. The zero-order valence-corrected chi connectivity index (χ0v) is 16.7. The molecular weight excluding hydrogens is 362 g/mol. The van der Waals surface area contributed by atoms with Crippen molar-refractivity contribution in [2.75, 3.05) is 41.3 Å². The average Bonchev–Trinajstić information content (AvgIpc) is 2.80. The number of para-hydroxylation sites is 1. The monoisotopic (exact) mass is 389 g/mol. The molecule has 5 rings (SSSR count). The highest BCUT2D eigenvalue weighted by Gasteiger charge is 2.22. The van der Waals surface area contributed by atoms with E-state index in [1.54, 1.807) is 12.4 Å². The van der Waals surface area contributed by atoms with Crippen molar-refractivity contribution in [1.29, 1.82) is 0 Å². The van der Waals surface area contributed by atoms with Crippen LogP contribution in [0, 0.1) is 0 Å². The Bertz CT molecular complexity index is 948. The standard InChI is InChI=1S/C22H27N7/c1-2-7-17(8-3-1)25-20-18-9-4-5-10-19(18)26-22(27-20)29-15-13-28(14-16-29)21-23-11-6-12-24-21/h4-6,9-12,17H,1-3,7-8,13-16H2,(H,25,26,27). The Kier molecular flexibility index (Phi) is 5.11. The van der Waals surface area contributed by atoms with E-state index in [9.17, 15) is 0 Å². The van der Waals surface area contributed by atoms with Crippen LogP contribution in [0.25, 0.3) is 10.9 Å². The Labute approximate surface area is 171 Å². The first-order valence-electron chi connectivity index (χ1n) is 10.7. The molecule has 2 aliphatic rings. The molecule has 0 amide bonds. The van der Waals surface area contributed by atoms with Gasteiger partial charge in [-0.15, -0.1) is 0 Å². The quantitative estimate of drug-likeness (QED) is 0.732. The van der Waals surface area contributed by atoms with E-state index in [1.165, 1.54) is 32.1 Å². The highest BCUT2D eigenvalue weighted by molar-refractivity contribution is 5.90. The summed E-state index contributed by atoms with van der Waals surface area (Å²) in [5.41, 5.74) is 1.00. The van der Waals surface area contributed by atoms with Gasteiger partial charge in [0.15, 0.2) is 0 Å². The maximum Gasteiger partial charge on any atom is 0.228 e. The predicted molar refractivity (Wildman–Crippen MR) is 116 cm³/mol. The number of nitrogens with one attached hydrogen (secondary N) is 1. The molecule has 0 atom stereocenters. The lowest BCUT2D eigenvalue weighted by atomic mass is 9.95. The van der Waals surface area contributed by atoms with Crippen LogP contribution in [0.15, 0.2) is 42.7 Å². The first-order chi connectivity index (χ1) is 14.4. The molecular formula is C22H27N7. The van der Waals surface area contributed by atoms with Crippen LogP contribution < -0.4 is 15.1 Å². The van der Waals surface area contributed by atoms with E-state index in [0.717, 1.165) is 54.8 Å². The van der Waals surface area contributed by atoms with Gasteiger partial charge in [0.05, 0.1) is 5.52 Å². The average molecular weight is 390 g/mol. The van der Waals surface area contributed by atoms with Gasteiger partial charge in [0, 0.05) is 50.0 Å². The Balaban J connectivity index is 1.37. The van der Waals surface area contributed by atoms with Crippen molar-refractivity contribution in [3.8, 4) is 0 Å². The second-order valence-corrected chi connectivity index (χ2v) is 7.89. The van der Waals surface area contributed by atoms with Crippen LogP contribution in [0.1, 0.15) is 32.1 Å².